The van der Waals surface area contributed by atoms with Gasteiger partial charge in [-0.3, -0.25) is 4.79 Å². The van der Waals surface area contributed by atoms with Crippen LogP contribution in [-0.2, 0) is 12.8 Å². The summed E-state index contributed by atoms with van der Waals surface area (Å²) in [7, 11) is 0. The van der Waals surface area contributed by atoms with E-state index in [1.165, 1.54) is 17.7 Å². The normalized spacial score (nSPS) is 16.4. The maximum Gasteiger partial charge on any atom is 0.293 e. The molecule has 4 aromatic rings. The van der Waals surface area contributed by atoms with Crippen molar-refractivity contribution in [1.29, 1.82) is 0 Å². The van der Waals surface area contributed by atoms with Gasteiger partial charge in [-0.15, -0.1) is 0 Å². The Labute approximate surface area is 172 Å². The molecule has 5 rings (SSSR count). The zero-order valence-corrected chi connectivity index (χ0v) is 16.3. The van der Waals surface area contributed by atoms with E-state index in [1.807, 2.05) is 18.2 Å². The second-order valence-electron chi connectivity index (χ2n) is 7.61. The van der Waals surface area contributed by atoms with Crippen molar-refractivity contribution in [1.82, 2.24) is 20.0 Å². The van der Waals surface area contributed by atoms with Gasteiger partial charge in [-0.2, -0.15) is 0 Å². The zero-order chi connectivity index (χ0) is 20.5. The van der Waals surface area contributed by atoms with Gasteiger partial charge in [-0.25, -0.2) is 9.37 Å². The minimum Gasteiger partial charge on any atom is -0.351 e. The van der Waals surface area contributed by atoms with Gasteiger partial charge < -0.3 is 14.4 Å². The number of likely N-dealkylation sites (tertiary alicyclic amines) is 1. The summed E-state index contributed by atoms with van der Waals surface area (Å²) in [5, 5.41) is 4.08. The Hall–Kier alpha value is -3.48. The first kappa shape index (κ1) is 18.5. The molecule has 1 fully saturated rings. The first-order chi connectivity index (χ1) is 14.7. The average Bonchev–Trinajstić information content (AvgIpc) is 3.50. The van der Waals surface area contributed by atoms with Crippen molar-refractivity contribution in [3.63, 3.8) is 0 Å². The summed E-state index contributed by atoms with van der Waals surface area (Å²) in [5.74, 6) is 0.404. The van der Waals surface area contributed by atoms with Crippen LogP contribution in [0.3, 0.4) is 0 Å². The molecular weight excluding hydrogens is 383 g/mol. The molecule has 1 aliphatic rings. The second-order valence-corrected chi connectivity index (χ2v) is 7.61. The molecule has 0 spiro atoms. The summed E-state index contributed by atoms with van der Waals surface area (Å²) in [6, 6.07) is 16.1. The molecule has 1 amide bonds. The molecule has 6 nitrogen and oxygen atoms in total. The van der Waals surface area contributed by atoms with E-state index in [1.54, 1.807) is 17.0 Å². The number of aryl methyl sites for hydroxylation is 2. The number of carbonyl (C=O) groups excluding carboxylic acids is 1. The molecule has 2 aromatic carbocycles. The van der Waals surface area contributed by atoms with Crippen molar-refractivity contribution < 1.29 is 13.7 Å². The Morgan fingerprint density at radius 1 is 1.17 bits per heavy atom. The molecule has 30 heavy (non-hydrogen) atoms. The van der Waals surface area contributed by atoms with E-state index in [-0.39, 0.29) is 23.5 Å². The second kappa shape index (κ2) is 7.74. The number of aromatic nitrogens is 3. The van der Waals surface area contributed by atoms with E-state index in [0.717, 1.165) is 25.0 Å². The van der Waals surface area contributed by atoms with Crippen molar-refractivity contribution in [2.24, 2.45) is 0 Å². The summed E-state index contributed by atoms with van der Waals surface area (Å²) >= 11 is 0. The van der Waals surface area contributed by atoms with E-state index in [9.17, 15) is 9.18 Å². The summed E-state index contributed by atoms with van der Waals surface area (Å²) < 4.78 is 18.9. The molecule has 0 saturated carbocycles. The van der Waals surface area contributed by atoms with Gasteiger partial charge in [0.05, 0.1) is 22.8 Å². The number of hydrogen-bond acceptors (Lipinski definition) is 4. The summed E-state index contributed by atoms with van der Waals surface area (Å²) in [6.07, 6.45) is 3.21. The highest BCUT2D eigenvalue weighted by Crippen LogP contribution is 2.33. The Bertz CT molecular complexity index is 1180. The quantitative estimate of drug-likeness (QED) is 0.533. The van der Waals surface area contributed by atoms with Crippen molar-refractivity contribution in [2.45, 2.75) is 31.7 Å². The van der Waals surface area contributed by atoms with E-state index in [4.69, 9.17) is 4.52 Å². The van der Waals surface area contributed by atoms with Gasteiger partial charge in [-0.05, 0) is 49.4 Å². The number of rotatable bonds is 5. The van der Waals surface area contributed by atoms with Crippen molar-refractivity contribution in [3.8, 4) is 0 Å². The third-order valence-corrected chi connectivity index (χ3v) is 5.57. The molecule has 1 aliphatic heterocycles. The number of nitrogens with zero attached hydrogens (tertiary/aromatic N) is 3. The first-order valence-electron chi connectivity index (χ1n) is 10.1. The number of carbonyl (C=O) groups is 1. The van der Waals surface area contributed by atoms with Crippen molar-refractivity contribution in [3.05, 3.63) is 83.3 Å². The number of amides is 1. The van der Waals surface area contributed by atoms with Gasteiger partial charge in [0.25, 0.3) is 5.91 Å². The Morgan fingerprint density at radius 2 is 2.03 bits per heavy atom. The molecule has 2 aromatic heterocycles. The Kier molecular flexibility index (Phi) is 4.78. The van der Waals surface area contributed by atoms with Crippen LogP contribution in [0.15, 0.2) is 59.1 Å². The SMILES string of the molecule is O=C(c1cc(CCc2ccccc2)no1)N1CCCC1c1nc2ccc(F)cc2[nH]1. The fourth-order valence-corrected chi connectivity index (χ4v) is 4.04. The molecule has 1 N–H and O–H groups in total. The highest BCUT2D eigenvalue weighted by molar-refractivity contribution is 5.92. The largest absolute Gasteiger partial charge is 0.351 e. The fraction of sp³-hybridized carbons (Fsp3) is 0.261. The van der Waals surface area contributed by atoms with Crippen LogP contribution in [0.1, 0.15) is 46.5 Å². The van der Waals surface area contributed by atoms with E-state index in [2.05, 4.69) is 27.3 Å². The first-order valence-corrected chi connectivity index (χ1v) is 10.1. The van der Waals surface area contributed by atoms with E-state index in [0.29, 0.717) is 29.8 Å². The Morgan fingerprint density at radius 3 is 2.90 bits per heavy atom. The fourth-order valence-electron chi connectivity index (χ4n) is 4.04. The standard InChI is InChI=1S/C23H21FN4O2/c24-16-9-11-18-19(13-16)26-22(25-18)20-7-4-12-28(20)23(29)21-14-17(27-30-21)10-8-15-5-2-1-3-6-15/h1-3,5-6,9,11,13-14,20H,4,7-8,10,12H2,(H,25,26). The van der Waals surface area contributed by atoms with Crippen LogP contribution in [0, 0.1) is 5.82 Å². The molecule has 152 valence electrons. The molecule has 7 heteroatoms. The third kappa shape index (κ3) is 3.58. The maximum absolute atomic E-state index is 13.5. The maximum atomic E-state index is 13.5. The highest BCUT2D eigenvalue weighted by atomic mass is 19.1. The average molecular weight is 404 g/mol. The van der Waals surface area contributed by atoms with Gasteiger partial charge in [0.1, 0.15) is 11.6 Å². The van der Waals surface area contributed by atoms with Gasteiger partial charge in [-0.1, -0.05) is 35.5 Å². The molecule has 1 unspecified atom stereocenters. The van der Waals surface area contributed by atoms with Crippen LogP contribution in [0.25, 0.3) is 11.0 Å². The topological polar surface area (TPSA) is 75.0 Å². The van der Waals surface area contributed by atoms with Gasteiger partial charge in [0.15, 0.2) is 0 Å². The number of halogens is 1. The minimum absolute atomic E-state index is 0.189. The molecule has 0 bridgehead atoms. The van der Waals surface area contributed by atoms with Gasteiger partial charge in [0, 0.05) is 12.6 Å². The predicted molar refractivity (Wildman–Crippen MR) is 109 cm³/mol. The summed E-state index contributed by atoms with van der Waals surface area (Å²) in [5.41, 5.74) is 3.30. The lowest BCUT2D eigenvalue weighted by Crippen LogP contribution is -2.30. The van der Waals surface area contributed by atoms with Gasteiger partial charge >= 0.3 is 0 Å². The van der Waals surface area contributed by atoms with Crippen molar-refractivity contribution in [2.75, 3.05) is 6.54 Å². The third-order valence-electron chi connectivity index (χ3n) is 5.57. The summed E-state index contributed by atoms with van der Waals surface area (Å²) in [4.78, 5) is 22.6. The van der Waals surface area contributed by atoms with Crippen LogP contribution in [0.5, 0.6) is 0 Å². The van der Waals surface area contributed by atoms with Crippen LogP contribution < -0.4 is 0 Å². The zero-order valence-electron chi connectivity index (χ0n) is 16.3. The molecule has 0 radical (unpaired) electrons. The number of hydrogen-bond donors (Lipinski definition) is 1. The monoisotopic (exact) mass is 404 g/mol. The van der Waals surface area contributed by atoms with Crippen molar-refractivity contribution >= 4 is 16.9 Å². The molecule has 0 aliphatic carbocycles. The molecule has 1 saturated heterocycles. The molecule has 3 heterocycles. The minimum atomic E-state index is -0.318. The number of aromatic amines is 1. The predicted octanol–water partition coefficient (Wildman–Crippen LogP) is 4.45. The lowest BCUT2D eigenvalue weighted by atomic mass is 10.1. The van der Waals surface area contributed by atoms with Crippen LogP contribution in [0.4, 0.5) is 4.39 Å². The van der Waals surface area contributed by atoms with Crippen LogP contribution in [-0.4, -0.2) is 32.5 Å². The van der Waals surface area contributed by atoms with E-state index >= 15 is 0 Å². The number of fused-ring (bicyclic) bond motifs is 1. The Balaban J connectivity index is 1.31. The lowest BCUT2D eigenvalue weighted by Gasteiger charge is -2.21. The smallest absolute Gasteiger partial charge is 0.293 e. The number of nitrogens with one attached hydrogen (secondary N) is 1. The van der Waals surface area contributed by atoms with Gasteiger partial charge in [0.2, 0.25) is 5.76 Å². The number of imidazole rings is 1. The van der Waals surface area contributed by atoms with Crippen LogP contribution in [0.2, 0.25) is 0 Å². The lowest BCUT2D eigenvalue weighted by molar-refractivity contribution is 0.0688. The number of H-pyrrole nitrogens is 1. The van der Waals surface area contributed by atoms with E-state index < -0.39 is 0 Å². The molecular formula is C23H21FN4O2. The van der Waals surface area contributed by atoms with Crippen LogP contribution >= 0.6 is 0 Å². The molecule has 1 atom stereocenters. The highest BCUT2D eigenvalue weighted by Gasteiger charge is 2.34. The summed E-state index contributed by atoms with van der Waals surface area (Å²) in [6.45, 7) is 0.620. The number of benzene rings is 2.